The average Bonchev–Trinajstić information content (AvgIpc) is 3.91. The van der Waals surface area contributed by atoms with Gasteiger partial charge in [0.25, 0.3) is 0 Å². The van der Waals surface area contributed by atoms with Crippen molar-refractivity contribution in [3.05, 3.63) is 382 Å². The highest BCUT2D eigenvalue weighted by atomic mass is 15.3. The highest BCUT2D eigenvalue weighted by molar-refractivity contribution is 5.84. The molecule has 2 nitrogen and oxygen atoms in total. The minimum atomic E-state index is -0.901. The molecule has 72 heavy (non-hydrogen) atoms. The third-order valence-corrected chi connectivity index (χ3v) is 15.6. The van der Waals surface area contributed by atoms with E-state index in [0.29, 0.717) is 0 Å². The SMILES string of the molecule is c1ccc(N2C(c3ccccc3)(c3ccccc3)c3cc4c(cc3C2(c2ccccc2)c2ccccc2)C(c2ccccc2)(c2ccccc2)N(c2ccccc2)C4(c2ccccc2)c2ccccc2)cc1. The Morgan fingerprint density at radius 3 is 0.458 bits per heavy atom. The molecule has 0 aliphatic carbocycles. The van der Waals surface area contributed by atoms with Crippen LogP contribution < -0.4 is 9.80 Å². The quantitative estimate of drug-likeness (QED) is 0.135. The fourth-order valence-corrected chi connectivity index (χ4v) is 13.1. The van der Waals surface area contributed by atoms with Crippen LogP contribution in [0.1, 0.15) is 66.8 Å². The van der Waals surface area contributed by atoms with Gasteiger partial charge < -0.3 is 9.80 Å². The molecule has 342 valence electrons. The van der Waals surface area contributed by atoms with Gasteiger partial charge in [0.2, 0.25) is 0 Å². The molecule has 0 unspecified atom stereocenters. The molecule has 0 radical (unpaired) electrons. The van der Waals surface area contributed by atoms with Gasteiger partial charge >= 0.3 is 0 Å². The molecule has 0 saturated heterocycles. The van der Waals surface area contributed by atoms with Crippen LogP contribution in [0.2, 0.25) is 0 Å². The van der Waals surface area contributed by atoms with Crippen LogP contribution in [0.3, 0.4) is 0 Å². The second-order valence-electron chi connectivity index (χ2n) is 19.1. The number of rotatable bonds is 10. The van der Waals surface area contributed by atoms with Crippen molar-refractivity contribution in [3.63, 3.8) is 0 Å². The fourth-order valence-electron chi connectivity index (χ4n) is 13.1. The lowest BCUT2D eigenvalue weighted by molar-refractivity contribution is 0.487. The zero-order valence-electron chi connectivity index (χ0n) is 39.9. The Hall–Kier alpha value is -8.98. The monoisotopic (exact) mass is 920 g/mol. The molecule has 0 atom stereocenters. The summed E-state index contributed by atoms with van der Waals surface area (Å²) in [6.45, 7) is 0. The van der Waals surface area contributed by atoms with E-state index in [2.05, 4.69) is 325 Å². The topological polar surface area (TPSA) is 6.48 Å². The Kier molecular flexibility index (Phi) is 10.4. The van der Waals surface area contributed by atoms with Gasteiger partial charge in [-0.3, -0.25) is 0 Å². The maximum Gasteiger partial charge on any atom is 0.118 e. The van der Waals surface area contributed by atoms with Crippen molar-refractivity contribution in [2.75, 3.05) is 9.80 Å². The van der Waals surface area contributed by atoms with Crippen LogP contribution in [0.15, 0.2) is 315 Å². The van der Waals surface area contributed by atoms with E-state index in [4.69, 9.17) is 0 Å². The van der Waals surface area contributed by atoms with Gasteiger partial charge in [0, 0.05) is 11.4 Å². The lowest BCUT2D eigenvalue weighted by atomic mass is 9.70. The molecule has 11 aromatic rings. The van der Waals surface area contributed by atoms with Gasteiger partial charge in [-0.05, 0) is 103 Å². The first-order chi connectivity index (χ1) is 35.8. The molecule has 2 aliphatic heterocycles. The molecule has 0 bridgehead atoms. The molecule has 0 N–H and O–H groups in total. The van der Waals surface area contributed by atoms with E-state index in [1.807, 2.05) is 0 Å². The minimum Gasteiger partial charge on any atom is -0.336 e. The fraction of sp³-hybridized carbons (Fsp3) is 0.0571. The summed E-state index contributed by atoms with van der Waals surface area (Å²) in [4.78, 5) is 5.56. The van der Waals surface area contributed by atoms with Crippen molar-refractivity contribution in [1.82, 2.24) is 0 Å². The van der Waals surface area contributed by atoms with Crippen LogP contribution in [0.5, 0.6) is 0 Å². The summed E-state index contributed by atoms with van der Waals surface area (Å²) in [6.07, 6.45) is 0. The van der Waals surface area contributed by atoms with E-state index in [0.717, 1.165) is 11.4 Å². The predicted octanol–water partition coefficient (Wildman–Crippen LogP) is 15.9. The van der Waals surface area contributed by atoms with E-state index in [9.17, 15) is 0 Å². The second-order valence-corrected chi connectivity index (χ2v) is 19.1. The molecule has 0 saturated carbocycles. The van der Waals surface area contributed by atoms with Crippen molar-refractivity contribution >= 4 is 11.4 Å². The second kappa shape index (κ2) is 17.5. The Morgan fingerprint density at radius 1 is 0.167 bits per heavy atom. The Balaban J connectivity index is 1.35. The van der Waals surface area contributed by atoms with E-state index in [1.54, 1.807) is 0 Å². The van der Waals surface area contributed by atoms with Crippen molar-refractivity contribution in [3.8, 4) is 0 Å². The first-order valence-corrected chi connectivity index (χ1v) is 25.1. The van der Waals surface area contributed by atoms with E-state index < -0.39 is 22.2 Å². The molecule has 2 aliphatic rings. The van der Waals surface area contributed by atoms with Crippen LogP contribution in [0.4, 0.5) is 11.4 Å². The normalized spacial score (nSPS) is 15.6. The number of nitrogens with zero attached hydrogens (tertiary/aromatic N) is 2. The lowest BCUT2D eigenvalue weighted by Gasteiger charge is -2.51. The van der Waals surface area contributed by atoms with Crippen molar-refractivity contribution < 1.29 is 0 Å². The molecule has 0 amide bonds. The number of benzene rings is 11. The third-order valence-electron chi connectivity index (χ3n) is 15.6. The summed E-state index contributed by atoms with van der Waals surface area (Å²) in [6, 6.07) is 118. The van der Waals surface area contributed by atoms with Gasteiger partial charge in [-0.25, -0.2) is 0 Å². The third kappa shape index (κ3) is 6.02. The summed E-state index contributed by atoms with van der Waals surface area (Å²) in [5.41, 5.74) is 12.9. The first-order valence-electron chi connectivity index (χ1n) is 25.1. The summed E-state index contributed by atoms with van der Waals surface area (Å²) in [5, 5.41) is 0. The van der Waals surface area contributed by atoms with Crippen LogP contribution in [0.25, 0.3) is 0 Å². The summed E-state index contributed by atoms with van der Waals surface area (Å²) >= 11 is 0. The molecule has 0 aromatic heterocycles. The van der Waals surface area contributed by atoms with Crippen LogP contribution in [0, 0.1) is 0 Å². The smallest absolute Gasteiger partial charge is 0.118 e. The molecule has 0 spiro atoms. The highest BCUT2D eigenvalue weighted by Gasteiger charge is 2.67. The van der Waals surface area contributed by atoms with Gasteiger partial charge in [0.15, 0.2) is 0 Å². The summed E-state index contributed by atoms with van der Waals surface area (Å²) in [5.74, 6) is 0. The number of para-hydroxylation sites is 2. The van der Waals surface area contributed by atoms with E-state index >= 15 is 0 Å². The van der Waals surface area contributed by atoms with Gasteiger partial charge in [-0.2, -0.15) is 0 Å². The van der Waals surface area contributed by atoms with Crippen LogP contribution in [-0.4, -0.2) is 0 Å². The van der Waals surface area contributed by atoms with Crippen LogP contribution >= 0.6 is 0 Å². The average molecular weight is 921 g/mol. The molecular weight excluding hydrogens is 869 g/mol. The molecule has 13 rings (SSSR count). The van der Waals surface area contributed by atoms with Gasteiger partial charge in [0.1, 0.15) is 22.2 Å². The number of hydrogen-bond acceptors (Lipinski definition) is 2. The maximum atomic E-state index is 2.78. The number of fused-ring (bicyclic) bond motifs is 2. The molecule has 0 fully saturated rings. The van der Waals surface area contributed by atoms with Crippen molar-refractivity contribution in [2.45, 2.75) is 22.2 Å². The zero-order valence-corrected chi connectivity index (χ0v) is 39.9. The van der Waals surface area contributed by atoms with E-state index in [-0.39, 0.29) is 0 Å². The van der Waals surface area contributed by atoms with Gasteiger partial charge in [0.05, 0.1) is 0 Å². The van der Waals surface area contributed by atoms with Gasteiger partial charge in [-0.15, -0.1) is 0 Å². The van der Waals surface area contributed by atoms with Gasteiger partial charge in [-0.1, -0.05) is 279 Å². The minimum absolute atomic E-state index is 0.901. The largest absolute Gasteiger partial charge is 0.336 e. The highest BCUT2D eigenvalue weighted by Crippen LogP contribution is 2.68. The van der Waals surface area contributed by atoms with Crippen LogP contribution in [-0.2, 0) is 22.2 Å². The molecule has 11 aromatic carbocycles. The van der Waals surface area contributed by atoms with Crippen molar-refractivity contribution in [1.29, 1.82) is 0 Å². The van der Waals surface area contributed by atoms with E-state index in [1.165, 1.54) is 66.8 Å². The number of anilines is 2. The summed E-state index contributed by atoms with van der Waals surface area (Å²) in [7, 11) is 0. The number of hydrogen-bond donors (Lipinski definition) is 0. The van der Waals surface area contributed by atoms with Crippen molar-refractivity contribution in [2.24, 2.45) is 0 Å². The summed E-state index contributed by atoms with van der Waals surface area (Å²) < 4.78 is 0. The Morgan fingerprint density at radius 2 is 0.306 bits per heavy atom. The first kappa shape index (κ1) is 43.1. The zero-order chi connectivity index (χ0) is 48.0. The molecule has 2 heteroatoms. The standard InChI is InChI=1S/C70H52N2/c1-11-31-53(32-12-1)67(54-33-13-2-14-34-54)63-51-65-66(52-64(63)68(55-35-15-3-16-36-55,56-37-17-4-18-38-56)71(67)61-47-27-9-28-48-61)70(59-43-23-7-24-44-59,60-45-25-8-26-46-60)72(62-49-29-10-30-50-62)69(65,57-39-19-5-20-40-57)58-41-21-6-22-42-58/h1-52H. The molecular formula is C70H52N2. The molecule has 2 heterocycles. The maximum absolute atomic E-state index is 2.78. The Labute approximate surface area is 423 Å². The lowest BCUT2D eigenvalue weighted by Crippen LogP contribution is -2.55. The predicted molar refractivity (Wildman–Crippen MR) is 295 cm³/mol. The Bertz CT molecular complexity index is 2990.